The Labute approximate surface area is 108 Å². The number of nitrogens with zero attached hydrogens (tertiary/aromatic N) is 2. The van der Waals surface area contributed by atoms with Crippen LogP contribution >= 0.6 is 0 Å². The summed E-state index contributed by atoms with van der Waals surface area (Å²) in [6.45, 7) is 1.86. The lowest BCUT2D eigenvalue weighted by Crippen LogP contribution is -2.10. The highest BCUT2D eigenvalue weighted by atomic mass is 19.4. The van der Waals surface area contributed by atoms with Crippen molar-refractivity contribution in [3.05, 3.63) is 47.5 Å². The Balaban J connectivity index is 2.19. The summed E-state index contributed by atoms with van der Waals surface area (Å²) in [5.41, 5.74) is 0.142. The van der Waals surface area contributed by atoms with Crippen molar-refractivity contribution in [2.24, 2.45) is 7.05 Å². The molecule has 102 valence electrons. The van der Waals surface area contributed by atoms with E-state index in [1.807, 2.05) is 6.92 Å². The van der Waals surface area contributed by atoms with E-state index in [9.17, 15) is 13.2 Å². The van der Waals surface area contributed by atoms with Crippen molar-refractivity contribution in [3.63, 3.8) is 0 Å². The van der Waals surface area contributed by atoms with E-state index in [0.717, 1.165) is 11.8 Å². The minimum atomic E-state index is -4.42. The Kier molecular flexibility index (Phi) is 3.50. The van der Waals surface area contributed by atoms with E-state index in [1.165, 1.54) is 18.2 Å². The average molecular weight is 270 g/mol. The number of hydrogen-bond acceptors (Lipinski definition) is 2. The highest BCUT2D eigenvalue weighted by molar-refractivity contribution is 5.35. The van der Waals surface area contributed by atoms with Crippen LogP contribution in [0.1, 0.15) is 17.1 Å². The van der Waals surface area contributed by atoms with E-state index >= 15 is 0 Å². The SMILES string of the molecule is Cc1cnc(COc2ccccc2C(F)(F)F)n1C. The quantitative estimate of drug-likeness (QED) is 0.855. The van der Waals surface area contributed by atoms with Crippen molar-refractivity contribution in [3.8, 4) is 5.75 Å². The third-order valence-corrected chi connectivity index (χ3v) is 2.87. The van der Waals surface area contributed by atoms with Gasteiger partial charge in [-0.3, -0.25) is 0 Å². The molecule has 1 aromatic carbocycles. The molecule has 0 saturated heterocycles. The Hall–Kier alpha value is -1.98. The molecule has 0 amide bonds. The standard InChI is InChI=1S/C13H13F3N2O/c1-9-7-17-12(18(9)2)8-19-11-6-4-3-5-10(11)13(14,15)16/h3-7H,8H2,1-2H3. The smallest absolute Gasteiger partial charge is 0.419 e. The zero-order valence-electron chi connectivity index (χ0n) is 10.5. The van der Waals surface area contributed by atoms with Crippen molar-refractivity contribution in [2.45, 2.75) is 19.7 Å². The van der Waals surface area contributed by atoms with Gasteiger partial charge in [-0.25, -0.2) is 4.98 Å². The van der Waals surface area contributed by atoms with Crippen LogP contribution in [0, 0.1) is 6.92 Å². The summed E-state index contributed by atoms with van der Waals surface area (Å²) in [6.07, 6.45) is -2.78. The average Bonchev–Trinajstić information content (AvgIpc) is 2.67. The summed E-state index contributed by atoms with van der Waals surface area (Å²) in [4.78, 5) is 4.08. The molecule has 3 nitrogen and oxygen atoms in total. The molecule has 0 N–H and O–H groups in total. The Morgan fingerprint density at radius 2 is 1.95 bits per heavy atom. The zero-order valence-corrected chi connectivity index (χ0v) is 10.5. The van der Waals surface area contributed by atoms with Crippen LogP contribution < -0.4 is 4.74 Å². The topological polar surface area (TPSA) is 27.1 Å². The molecule has 1 heterocycles. The Bertz CT molecular complexity index is 576. The van der Waals surface area contributed by atoms with E-state index in [0.29, 0.717) is 5.82 Å². The number of aromatic nitrogens is 2. The number of benzene rings is 1. The largest absolute Gasteiger partial charge is 0.485 e. The van der Waals surface area contributed by atoms with Crippen LogP contribution in [0.2, 0.25) is 0 Å². The molecule has 19 heavy (non-hydrogen) atoms. The number of alkyl halides is 3. The summed E-state index contributed by atoms with van der Waals surface area (Å²) in [6, 6.07) is 5.15. The first-order chi connectivity index (χ1) is 8.89. The van der Waals surface area contributed by atoms with Gasteiger partial charge in [-0.05, 0) is 19.1 Å². The van der Waals surface area contributed by atoms with Gasteiger partial charge in [0.05, 0.1) is 5.56 Å². The number of hydrogen-bond donors (Lipinski definition) is 0. The lowest BCUT2D eigenvalue weighted by atomic mass is 10.2. The van der Waals surface area contributed by atoms with Crippen LogP contribution in [-0.2, 0) is 19.8 Å². The van der Waals surface area contributed by atoms with Gasteiger partial charge >= 0.3 is 6.18 Å². The van der Waals surface area contributed by atoms with Gasteiger partial charge in [0.15, 0.2) is 0 Å². The van der Waals surface area contributed by atoms with Gasteiger partial charge in [0.1, 0.15) is 18.2 Å². The fourth-order valence-electron chi connectivity index (χ4n) is 1.65. The van der Waals surface area contributed by atoms with Gasteiger partial charge in [-0.2, -0.15) is 13.2 Å². The molecule has 1 aromatic heterocycles. The molecular formula is C13H13F3N2O. The maximum absolute atomic E-state index is 12.8. The second-order valence-corrected chi connectivity index (χ2v) is 4.16. The van der Waals surface area contributed by atoms with Crippen LogP contribution in [0.5, 0.6) is 5.75 Å². The number of aryl methyl sites for hydroxylation is 1. The maximum atomic E-state index is 12.8. The van der Waals surface area contributed by atoms with Gasteiger partial charge in [0.25, 0.3) is 0 Å². The number of rotatable bonds is 3. The van der Waals surface area contributed by atoms with Crippen LogP contribution in [0.15, 0.2) is 30.5 Å². The molecule has 0 saturated carbocycles. The summed E-state index contributed by atoms with van der Waals surface area (Å²) in [5, 5.41) is 0. The normalized spacial score (nSPS) is 11.6. The second-order valence-electron chi connectivity index (χ2n) is 4.16. The molecule has 0 atom stereocenters. The molecule has 6 heteroatoms. The summed E-state index contributed by atoms with van der Waals surface area (Å²) < 4.78 is 45.3. The van der Waals surface area contributed by atoms with Crippen molar-refractivity contribution in [1.29, 1.82) is 0 Å². The summed E-state index contributed by atoms with van der Waals surface area (Å²) >= 11 is 0. The number of imidazole rings is 1. The molecule has 0 unspecified atom stereocenters. The number of halogens is 3. The lowest BCUT2D eigenvalue weighted by molar-refractivity contribution is -0.139. The Morgan fingerprint density at radius 3 is 2.53 bits per heavy atom. The monoisotopic (exact) mass is 270 g/mol. The fourth-order valence-corrected chi connectivity index (χ4v) is 1.65. The molecule has 0 fully saturated rings. The minimum Gasteiger partial charge on any atom is -0.485 e. The molecular weight excluding hydrogens is 257 g/mol. The third kappa shape index (κ3) is 2.89. The van der Waals surface area contributed by atoms with Gasteiger partial charge < -0.3 is 9.30 Å². The van der Waals surface area contributed by atoms with Crippen molar-refractivity contribution >= 4 is 0 Å². The van der Waals surface area contributed by atoms with Crippen LogP contribution in [0.3, 0.4) is 0 Å². The fraction of sp³-hybridized carbons (Fsp3) is 0.308. The van der Waals surface area contributed by atoms with Crippen molar-refractivity contribution in [1.82, 2.24) is 9.55 Å². The summed E-state index contributed by atoms with van der Waals surface area (Å²) in [7, 11) is 1.79. The highest BCUT2D eigenvalue weighted by Crippen LogP contribution is 2.36. The molecule has 0 bridgehead atoms. The van der Waals surface area contributed by atoms with Gasteiger partial charge in [0, 0.05) is 18.9 Å². The Morgan fingerprint density at radius 1 is 1.26 bits per heavy atom. The zero-order chi connectivity index (χ0) is 14.0. The lowest BCUT2D eigenvalue weighted by Gasteiger charge is -2.13. The maximum Gasteiger partial charge on any atom is 0.419 e. The predicted molar refractivity (Wildman–Crippen MR) is 63.7 cm³/mol. The number of para-hydroxylation sites is 1. The van der Waals surface area contributed by atoms with Gasteiger partial charge in [-0.15, -0.1) is 0 Å². The van der Waals surface area contributed by atoms with E-state index < -0.39 is 11.7 Å². The molecule has 0 aliphatic heterocycles. The molecule has 2 rings (SSSR count). The van der Waals surface area contributed by atoms with E-state index in [2.05, 4.69) is 4.98 Å². The van der Waals surface area contributed by atoms with E-state index in [4.69, 9.17) is 4.74 Å². The molecule has 0 aliphatic rings. The van der Waals surface area contributed by atoms with Crippen LogP contribution in [0.25, 0.3) is 0 Å². The predicted octanol–water partition coefficient (Wildman–Crippen LogP) is 3.33. The molecule has 0 spiro atoms. The van der Waals surface area contributed by atoms with Crippen molar-refractivity contribution in [2.75, 3.05) is 0 Å². The van der Waals surface area contributed by atoms with Gasteiger partial charge in [0.2, 0.25) is 0 Å². The first-order valence-corrected chi connectivity index (χ1v) is 5.66. The molecule has 2 aromatic rings. The van der Waals surface area contributed by atoms with E-state index in [1.54, 1.807) is 17.8 Å². The van der Waals surface area contributed by atoms with Crippen LogP contribution in [-0.4, -0.2) is 9.55 Å². The third-order valence-electron chi connectivity index (χ3n) is 2.87. The summed E-state index contributed by atoms with van der Waals surface area (Å²) in [5.74, 6) is 0.394. The first-order valence-electron chi connectivity index (χ1n) is 5.66. The van der Waals surface area contributed by atoms with Crippen LogP contribution in [0.4, 0.5) is 13.2 Å². The molecule has 0 aliphatic carbocycles. The molecule has 0 radical (unpaired) electrons. The van der Waals surface area contributed by atoms with Crippen molar-refractivity contribution < 1.29 is 17.9 Å². The highest BCUT2D eigenvalue weighted by Gasteiger charge is 2.34. The first kappa shape index (κ1) is 13.5. The minimum absolute atomic E-state index is 0.00255. The second kappa shape index (κ2) is 4.95. The van der Waals surface area contributed by atoms with Gasteiger partial charge in [-0.1, -0.05) is 12.1 Å². The number of ether oxygens (including phenoxy) is 1. The van der Waals surface area contributed by atoms with E-state index in [-0.39, 0.29) is 12.4 Å².